The minimum Gasteiger partial charge on any atom is -0.426 e. The standard InChI is InChI=1S/C18H16O2/c1-13-7-2-5-12-17(13)20-18(19)16-11-6-9-14-8-3-4-10-15(14)16/h2-10,12,16H,11H2,1H3. The molecule has 0 aliphatic heterocycles. The number of para-hydroxylation sites is 1. The van der Waals surface area contributed by atoms with E-state index in [1.165, 1.54) is 0 Å². The van der Waals surface area contributed by atoms with Crippen molar-refractivity contribution in [2.24, 2.45) is 0 Å². The van der Waals surface area contributed by atoms with E-state index in [-0.39, 0.29) is 11.9 Å². The van der Waals surface area contributed by atoms with Crippen LogP contribution in [0.4, 0.5) is 0 Å². The average Bonchev–Trinajstić information content (AvgIpc) is 2.49. The Bertz CT molecular complexity index is 671. The number of fused-ring (bicyclic) bond motifs is 1. The first kappa shape index (κ1) is 12.7. The van der Waals surface area contributed by atoms with Crippen LogP contribution in [0.2, 0.25) is 0 Å². The van der Waals surface area contributed by atoms with E-state index >= 15 is 0 Å². The first-order valence-electron chi connectivity index (χ1n) is 6.78. The van der Waals surface area contributed by atoms with E-state index in [0.29, 0.717) is 12.2 Å². The van der Waals surface area contributed by atoms with Crippen molar-refractivity contribution in [1.29, 1.82) is 0 Å². The molecule has 100 valence electrons. The van der Waals surface area contributed by atoms with Crippen molar-refractivity contribution in [1.82, 2.24) is 0 Å². The second kappa shape index (κ2) is 5.33. The molecule has 0 fully saturated rings. The van der Waals surface area contributed by atoms with E-state index in [0.717, 1.165) is 16.7 Å². The average molecular weight is 264 g/mol. The molecule has 0 heterocycles. The zero-order chi connectivity index (χ0) is 13.9. The summed E-state index contributed by atoms with van der Waals surface area (Å²) in [4.78, 5) is 12.4. The van der Waals surface area contributed by atoms with Crippen LogP contribution >= 0.6 is 0 Å². The van der Waals surface area contributed by atoms with E-state index < -0.39 is 0 Å². The quantitative estimate of drug-likeness (QED) is 0.603. The van der Waals surface area contributed by atoms with Crippen LogP contribution in [-0.4, -0.2) is 5.97 Å². The molecule has 2 nitrogen and oxygen atoms in total. The summed E-state index contributed by atoms with van der Waals surface area (Å²) >= 11 is 0. The third-order valence-electron chi connectivity index (χ3n) is 3.63. The predicted molar refractivity (Wildman–Crippen MR) is 79.6 cm³/mol. The smallest absolute Gasteiger partial charge is 0.319 e. The van der Waals surface area contributed by atoms with Crippen molar-refractivity contribution < 1.29 is 9.53 Å². The fraction of sp³-hybridized carbons (Fsp3) is 0.167. The van der Waals surface area contributed by atoms with E-state index in [1.54, 1.807) is 0 Å². The fourth-order valence-electron chi connectivity index (χ4n) is 2.51. The van der Waals surface area contributed by atoms with Crippen molar-refractivity contribution in [3.63, 3.8) is 0 Å². The van der Waals surface area contributed by atoms with Crippen molar-refractivity contribution in [3.8, 4) is 5.75 Å². The van der Waals surface area contributed by atoms with Crippen LogP contribution in [0.3, 0.4) is 0 Å². The van der Waals surface area contributed by atoms with Crippen molar-refractivity contribution in [2.75, 3.05) is 0 Å². The number of rotatable bonds is 2. The lowest BCUT2D eigenvalue weighted by Crippen LogP contribution is -2.20. The molecule has 1 aliphatic rings. The van der Waals surface area contributed by atoms with Gasteiger partial charge in [-0.2, -0.15) is 0 Å². The summed E-state index contributed by atoms with van der Waals surface area (Å²) in [6.45, 7) is 1.94. The van der Waals surface area contributed by atoms with Gasteiger partial charge in [-0.1, -0.05) is 54.6 Å². The Kier molecular flexibility index (Phi) is 3.38. The first-order valence-corrected chi connectivity index (χ1v) is 6.78. The molecule has 0 N–H and O–H groups in total. The SMILES string of the molecule is Cc1ccccc1OC(=O)C1CC=Cc2ccccc21. The second-order valence-electron chi connectivity index (χ2n) is 5.01. The van der Waals surface area contributed by atoms with Crippen LogP contribution < -0.4 is 4.74 Å². The molecule has 2 aromatic carbocycles. The number of aryl methyl sites for hydroxylation is 1. The summed E-state index contributed by atoms with van der Waals surface area (Å²) in [6.07, 6.45) is 4.79. The molecular weight excluding hydrogens is 248 g/mol. The number of ether oxygens (including phenoxy) is 1. The Hall–Kier alpha value is -2.35. The number of esters is 1. The van der Waals surface area contributed by atoms with E-state index in [9.17, 15) is 4.79 Å². The number of carbonyl (C=O) groups excluding carboxylic acids is 1. The van der Waals surface area contributed by atoms with Gasteiger partial charge in [-0.3, -0.25) is 4.79 Å². The molecule has 1 atom stereocenters. The van der Waals surface area contributed by atoms with Gasteiger partial charge in [-0.05, 0) is 36.1 Å². The number of allylic oxidation sites excluding steroid dienone is 1. The zero-order valence-corrected chi connectivity index (χ0v) is 11.4. The highest BCUT2D eigenvalue weighted by Gasteiger charge is 2.25. The predicted octanol–water partition coefficient (Wildman–Crippen LogP) is 4.10. The highest BCUT2D eigenvalue weighted by atomic mass is 16.5. The third-order valence-corrected chi connectivity index (χ3v) is 3.63. The van der Waals surface area contributed by atoms with E-state index in [1.807, 2.05) is 61.5 Å². The second-order valence-corrected chi connectivity index (χ2v) is 5.01. The normalized spacial score (nSPS) is 16.6. The lowest BCUT2D eigenvalue weighted by molar-refractivity contribution is -0.136. The molecule has 0 aromatic heterocycles. The van der Waals surface area contributed by atoms with Gasteiger partial charge in [-0.15, -0.1) is 0 Å². The van der Waals surface area contributed by atoms with Crippen LogP contribution in [0.15, 0.2) is 54.6 Å². The van der Waals surface area contributed by atoms with Crippen LogP contribution in [-0.2, 0) is 4.79 Å². The van der Waals surface area contributed by atoms with Gasteiger partial charge in [0.05, 0.1) is 5.92 Å². The van der Waals surface area contributed by atoms with E-state index in [2.05, 4.69) is 6.08 Å². The Morgan fingerprint density at radius 2 is 1.85 bits per heavy atom. The van der Waals surface area contributed by atoms with Crippen LogP contribution in [0, 0.1) is 6.92 Å². The minimum atomic E-state index is -0.212. The molecule has 2 aromatic rings. The summed E-state index contributed by atoms with van der Waals surface area (Å²) < 4.78 is 5.57. The molecule has 2 heteroatoms. The van der Waals surface area contributed by atoms with Crippen molar-refractivity contribution >= 4 is 12.0 Å². The van der Waals surface area contributed by atoms with Gasteiger partial charge in [-0.25, -0.2) is 0 Å². The van der Waals surface area contributed by atoms with Crippen molar-refractivity contribution in [3.05, 3.63) is 71.3 Å². The Labute approximate surface area is 118 Å². The highest BCUT2D eigenvalue weighted by molar-refractivity contribution is 5.83. The fourth-order valence-corrected chi connectivity index (χ4v) is 2.51. The van der Waals surface area contributed by atoms with Crippen LogP contribution in [0.25, 0.3) is 6.08 Å². The monoisotopic (exact) mass is 264 g/mol. The molecule has 0 spiro atoms. The molecule has 0 bridgehead atoms. The molecule has 0 saturated carbocycles. The maximum Gasteiger partial charge on any atom is 0.319 e. The van der Waals surface area contributed by atoms with Gasteiger partial charge >= 0.3 is 5.97 Å². The molecule has 20 heavy (non-hydrogen) atoms. The van der Waals surface area contributed by atoms with Crippen molar-refractivity contribution in [2.45, 2.75) is 19.3 Å². The summed E-state index contributed by atoms with van der Waals surface area (Å²) in [5.74, 6) is 0.247. The van der Waals surface area contributed by atoms with Gasteiger partial charge in [0.1, 0.15) is 5.75 Å². The maximum atomic E-state index is 12.4. The highest BCUT2D eigenvalue weighted by Crippen LogP contribution is 2.31. The maximum absolute atomic E-state index is 12.4. The Morgan fingerprint density at radius 1 is 1.10 bits per heavy atom. The zero-order valence-electron chi connectivity index (χ0n) is 11.4. The summed E-state index contributed by atoms with van der Waals surface area (Å²) in [6, 6.07) is 15.6. The number of benzene rings is 2. The van der Waals surface area contributed by atoms with Gasteiger partial charge in [0, 0.05) is 0 Å². The number of hydrogen-bond donors (Lipinski definition) is 0. The van der Waals surface area contributed by atoms with Crippen LogP contribution in [0.5, 0.6) is 5.75 Å². The largest absolute Gasteiger partial charge is 0.426 e. The summed E-state index contributed by atoms with van der Waals surface area (Å²) in [7, 11) is 0. The first-order chi connectivity index (χ1) is 9.75. The van der Waals surface area contributed by atoms with Gasteiger partial charge in [0.25, 0.3) is 0 Å². The molecule has 1 unspecified atom stereocenters. The molecule has 1 aliphatic carbocycles. The topological polar surface area (TPSA) is 26.3 Å². The van der Waals surface area contributed by atoms with Gasteiger partial charge in [0.15, 0.2) is 0 Å². The Morgan fingerprint density at radius 3 is 2.70 bits per heavy atom. The molecule has 3 rings (SSSR count). The molecule has 0 amide bonds. The lowest BCUT2D eigenvalue weighted by atomic mass is 9.87. The Balaban J connectivity index is 1.86. The lowest BCUT2D eigenvalue weighted by Gasteiger charge is -2.20. The van der Waals surface area contributed by atoms with Gasteiger partial charge in [0.2, 0.25) is 0 Å². The molecular formula is C18H16O2. The van der Waals surface area contributed by atoms with Gasteiger partial charge < -0.3 is 4.74 Å². The number of hydrogen-bond acceptors (Lipinski definition) is 2. The summed E-state index contributed by atoms with van der Waals surface area (Å²) in [5.41, 5.74) is 3.12. The van der Waals surface area contributed by atoms with E-state index in [4.69, 9.17) is 4.74 Å². The molecule has 0 saturated heterocycles. The summed E-state index contributed by atoms with van der Waals surface area (Å²) in [5, 5.41) is 0. The third kappa shape index (κ3) is 2.37. The minimum absolute atomic E-state index is 0.184. The van der Waals surface area contributed by atoms with Crippen LogP contribution in [0.1, 0.15) is 29.0 Å². The number of carbonyl (C=O) groups is 1. The molecule has 0 radical (unpaired) electrons.